The molecule has 1 aliphatic rings. The van der Waals surface area contributed by atoms with Crippen LogP contribution in [0.15, 0.2) is 0 Å². The highest BCUT2D eigenvalue weighted by Crippen LogP contribution is 2.27. The van der Waals surface area contributed by atoms with E-state index in [0.29, 0.717) is 6.42 Å². The number of rotatable bonds is 2. The summed E-state index contributed by atoms with van der Waals surface area (Å²) in [6.07, 6.45) is 4.24. The topological polar surface area (TPSA) is 43.4 Å². The third-order valence-corrected chi connectivity index (χ3v) is 4.51. The Hall–Kier alpha value is 0.200. The molecule has 5 heteroatoms. The van der Waals surface area contributed by atoms with Gasteiger partial charge in [-0.3, -0.25) is 0 Å². The zero-order valence-corrected chi connectivity index (χ0v) is 9.27. The molecule has 0 spiro atoms. The van der Waals surface area contributed by atoms with E-state index in [-0.39, 0.29) is 6.10 Å². The molecule has 3 nitrogen and oxygen atoms in total. The first-order valence-electron chi connectivity index (χ1n) is 4.52. The molecule has 0 amide bonds. The Balaban J connectivity index is 2.77. The van der Waals surface area contributed by atoms with Crippen molar-refractivity contribution in [1.29, 1.82) is 0 Å². The van der Waals surface area contributed by atoms with E-state index >= 15 is 0 Å². The van der Waals surface area contributed by atoms with E-state index < -0.39 is 14.3 Å². The first-order chi connectivity index (χ1) is 6.05. The van der Waals surface area contributed by atoms with Gasteiger partial charge in [0.1, 0.15) is 5.25 Å². The molecule has 1 aliphatic carbocycles. The number of methoxy groups -OCH3 is 1. The van der Waals surface area contributed by atoms with Gasteiger partial charge in [0.05, 0.1) is 6.10 Å². The quantitative estimate of drug-likeness (QED) is 0.534. The molecular weight excluding hydrogens is 212 g/mol. The molecule has 0 saturated heterocycles. The average molecular weight is 227 g/mol. The van der Waals surface area contributed by atoms with Crippen LogP contribution in [0.1, 0.15) is 32.1 Å². The normalized spacial score (nSPS) is 31.2. The molecule has 0 heterocycles. The molecule has 0 bridgehead atoms. The summed E-state index contributed by atoms with van der Waals surface area (Å²) in [6, 6.07) is 0. The van der Waals surface area contributed by atoms with Crippen molar-refractivity contribution in [2.45, 2.75) is 43.5 Å². The standard InChI is InChI=1S/C8H15ClO3S/c1-12-7-5-3-2-4-6-8(7)13(9,10)11/h7-8H,2-6H2,1H3. The maximum absolute atomic E-state index is 11.2. The van der Waals surface area contributed by atoms with E-state index in [9.17, 15) is 8.42 Å². The average Bonchev–Trinajstić information content (AvgIpc) is 2.26. The number of hydrogen-bond donors (Lipinski definition) is 0. The van der Waals surface area contributed by atoms with Crippen LogP contribution >= 0.6 is 10.7 Å². The van der Waals surface area contributed by atoms with Gasteiger partial charge in [-0.25, -0.2) is 8.42 Å². The minimum absolute atomic E-state index is 0.218. The van der Waals surface area contributed by atoms with E-state index in [4.69, 9.17) is 15.4 Å². The fourth-order valence-electron chi connectivity index (χ4n) is 1.83. The molecule has 13 heavy (non-hydrogen) atoms. The van der Waals surface area contributed by atoms with Crippen LogP contribution < -0.4 is 0 Å². The third-order valence-electron chi connectivity index (χ3n) is 2.56. The van der Waals surface area contributed by atoms with Gasteiger partial charge in [0.15, 0.2) is 0 Å². The lowest BCUT2D eigenvalue weighted by atomic mass is 10.1. The van der Waals surface area contributed by atoms with Gasteiger partial charge in [-0.15, -0.1) is 0 Å². The summed E-state index contributed by atoms with van der Waals surface area (Å²) < 4.78 is 27.5. The zero-order chi connectivity index (χ0) is 9.90. The summed E-state index contributed by atoms with van der Waals surface area (Å²) in [5, 5.41) is -0.512. The molecule has 1 fully saturated rings. The second kappa shape index (κ2) is 4.62. The fraction of sp³-hybridized carbons (Fsp3) is 1.00. The first-order valence-corrected chi connectivity index (χ1v) is 6.89. The van der Waals surface area contributed by atoms with Gasteiger partial charge in [0.2, 0.25) is 9.05 Å². The molecule has 1 rings (SSSR count). The van der Waals surface area contributed by atoms with Crippen molar-refractivity contribution in [2.24, 2.45) is 0 Å². The van der Waals surface area contributed by atoms with Gasteiger partial charge < -0.3 is 4.74 Å². The van der Waals surface area contributed by atoms with Gasteiger partial charge in [-0.2, -0.15) is 0 Å². The summed E-state index contributed by atoms with van der Waals surface area (Å²) in [7, 11) is 3.43. The summed E-state index contributed by atoms with van der Waals surface area (Å²) in [5.41, 5.74) is 0. The van der Waals surface area contributed by atoms with Gasteiger partial charge in [-0.1, -0.05) is 19.3 Å². The van der Waals surface area contributed by atoms with E-state index in [2.05, 4.69) is 0 Å². The smallest absolute Gasteiger partial charge is 0.238 e. The Kier molecular flexibility index (Phi) is 4.01. The molecule has 1 saturated carbocycles. The van der Waals surface area contributed by atoms with Crippen LogP contribution in [-0.4, -0.2) is 26.9 Å². The Morgan fingerprint density at radius 2 is 1.85 bits per heavy atom. The second-order valence-electron chi connectivity index (χ2n) is 3.43. The van der Waals surface area contributed by atoms with Gasteiger partial charge in [0, 0.05) is 17.8 Å². The molecular formula is C8H15ClO3S. The van der Waals surface area contributed by atoms with E-state index in [0.717, 1.165) is 25.7 Å². The first kappa shape index (κ1) is 11.3. The summed E-state index contributed by atoms with van der Waals surface area (Å²) >= 11 is 0. The molecule has 0 aromatic heterocycles. The molecule has 0 radical (unpaired) electrons. The number of hydrogen-bond acceptors (Lipinski definition) is 3. The van der Waals surface area contributed by atoms with Crippen LogP contribution in [0.5, 0.6) is 0 Å². The molecule has 2 atom stereocenters. The molecule has 0 aliphatic heterocycles. The highest BCUT2D eigenvalue weighted by Gasteiger charge is 2.32. The molecule has 2 unspecified atom stereocenters. The lowest BCUT2D eigenvalue weighted by Crippen LogP contribution is -2.31. The zero-order valence-electron chi connectivity index (χ0n) is 7.70. The van der Waals surface area contributed by atoms with E-state index in [1.54, 1.807) is 7.11 Å². The minimum Gasteiger partial charge on any atom is -0.380 e. The van der Waals surface area contributed by atoms with Crippen molar-refractivity contribution in [3.8, 4) is 0 Å². The Morgan fingerprint density at radius 3 is 2.38 bits per heavy atom. The van der Waals surface area contributed by atoms with Gasteiger partial charge >= 0.3 is 0 Å². The highest BCUT2D eigenvalue weighted by molar-refractivity contribution is 8.14. The van der Waals surface area contributed by atoms with Gasteiger partial charge in [-0.05, 0) is 12.8 Å². The summed E-state index contributed by atoms with van der Waals surface area (Å²) in [4.78, 5) is 0. The predicted octanol–water partition coefficient (Wildman–Crippen LogP) is 1.90. The lowest BCUT2D eigenvalue weighted by molar-refractivity contribution is 0.0929. The minimum atomic E-state index is -3.46. The molecule has 0 N–H and O–H groups in total. The number of ether oxygens (including phenoxy) is 1. The van der Waals surface area contributed by atoms with Crippen LogP contribution in [0.3, 0.4) is 0 Å². The van der Waals surface area contributed by atoms with Crippen molar-refractivity contribution in [3.05, 3.63) is 0 Å². The SMILES string of the molecule is COC1CCCCCC1S(=O)(=O)Cl. The van der Waals surface area contributed by atoms with Gasteiger partial charge in [0.25, 0.3) is 0 Å². The highest BCUT2D eigenvalue weighted by atomic mass is 35.7. The maximum atomic E-state index is 11.2. The van der Waals surface area contributed by atoms with Crippen LogP contribution in [0.2, 0.25) is 0 Å². The monoisotopic (exact) mass is 226 g/mol. The van der Waals surface area contributed by atoms with Crippen molar-refractivity contribution < 1.29 is 13.2 Å². The Bertz CT molecular complexity index is 250. The van der Waals surface area contributed by atoms with E-state index in [1.807, 2.05) is 0 Å². The van der Waals surface area contributed by atoms with Crippen molar-refractivity contribution in [3.63, 3.8) is 0 Å². The molecule has 78 valence electrons. The van der Waals surface area contributed by atoms with Crippen molar-refractivity contribution >= 4 is 19.7 Å². The van der Waals surface area contributed by atoms with Crippen LogP contribution in [0.25, 0.3) is 0 Å². The number of halogens is 1. The van der Waals surface area contributed by atoms with Crippen LogP contribution in [0, 0.1) is 0 Å². The predicted molar refractivity (Wildman–Crippen MR) is 52.4 cm³/mol. The Morgan fingerprint density at radius 1 is 1.23 bits per heavy atom. The maximum Gasteiger partial charge on any atom is 0.238 e. The second-order valence-corrected chi connectivity index (χ2v) is 6.27. The fourth-order valence-corrected chi connectivity index (χ4v) is 3.50. The molecule has 0 aromatic carbocycles. The van der Waals surface area contributed by atoms with Crippen molar-refractivity contribution in [2.75, 3.05) is 7.11 Å². The largest absolute Gasteiger partial charge is 0.380 e. The third kappa shape index (κ3) is 3.11. The van der Waals surface area contributed by atoms with E-state index in [1.165, 1.54) is 0 Å². The van der Waals surface area contributed by atoms with Crippen molar-refractivity contribution in [1.82, 2.24) is 0 Å². The Labute approximate surface area is 83.8 Å². The van der Waals surface area contributed by atoms with Crippen LogP contribution in [-0.2, 0) is 13.8 Å². The summed E-state index contributed by atoms with van der Waals surface area (Å²) in [5.74, 6) is 0. The van der Waals surface area contributed by atoms with Crippen LogP contribution in [0.4, 0.5) is 0 Å². The summed E-state index contributed by atoms with van der Waals surface area (Å²) in [6.45, 7) is 0. The lowest BCUT2D eigenvalue weighted by Gasteiger charge is -2.20. The molecule has 0 aromatic rings.